The number of benzene rings is 4. The van der Waals surface area contributed by atoms with Gasteiger partial charge in [0.25, 0.3) is 0 Å². The van der Waals surface area contributed by atoms with Gasteiger partial charge in [-0.1, -0.05) is 65.5 Å². The highest BCUT2D eigenvalue weighted by Gasteiger charge is 2.17. The van der Waals surface area contributed by atoms with E-state index in [1.165, 1.54) is 6.92 Å². The van der Waals surface area contributed by atoms with Crippen LogP contribution in [0.4, 0.5) is 0 Å². The van der Waals surface area contributed by atoms with Crippen LogP contribution in [0.2, 0.25) is 0 Å². The highest BCUT2D eigenvalue weighted by Crippen LogP contribution is 2.32. The molecule has 1 heterocycles. The number of carbonyl (C=O) groups is 2. The maximum atomic E-state index is 13.4. The smallest absolute Gasteiger partial charge is 0.331 e. The maximum absolute atomic E-state index is 13.4. The highest BCUT2D eigenvalue weighted by atomic mass is 16.7. The van der Waals surface area contributed by atoms with Crippen molar-refractivity contribution in [2.45, 2.75) is 40.2 Å². The molecule has 0 aliphatic rings. The van der Waals surface area contributed by atoms with Crippen molar-refractivity contribution in [1.82, 2.24) is 4.57 Å². The molecule has 0 saturated heterocycles. The van der Waals surface area contributed by atoms with Crippen LogP contribution >= 0.6 is 0 Å². The van der Waals surface area contributed by atoms with Gasteiger partial charge < -0.3 is 9.40 Å². The summed E-state index contributed by atoms with van der Waals surface area (Å²) in [7, 11) is 0. The van der Waals surface area contributed by atoms with E-state index in [9.17, 15) is 9.59 Å². The number of nitrogens with zero attached hydrogens (tertiary/aromatic N) is 2. The van der Waals surface area contributed by atoms with Crippen molar-refractivity contribution < 1.29 is 14.4 Å². The van der Waals surface area contributed by atoms with E-state index in [0.29, 0.717) is 29.7 Å². The van der Waals surface area contributed by atoms with Crippen LogP contribution < -0.4 is 0 Å². The maximum Gasteiger partial charge on any atom is 0.331 e. The number of hydrogen-bond acceptors (Lipinski definition) is 4. The van der Waals surface area contributed by atoms with Gasteiger partial charge in [0.05, 0.1) is 5.71 Å². The second-order valence-electron chi connectivity index (χ2n) is 9.64. The Morgan fingerprint density at radius 2 is 1.50 bits per heavy atom. The van der Waals surface area contributed by atoms with Crippen LogP contribution in [0.25, 0.3) is 21.8 Å². The Bertz CT molecular complexity index is 1820. The van der Waals surface area contributed by atoms with Crippen LogP contribution in [0.1, 0.15) is 59.3 Å². The van der Waals surface area contributed by atoms with Crippen LogP contribution in [0.5, 0.6) is 0 Å². The molecule has 0 fully saturated rings. The van der Waals surface area contributed by atoms with Crippen LogP contribution in [0.15, 0.2) is 96.2 Å². The van der Waals surface area contributed by atoms with Crippen molar-refractivity contribution in [1.29, 1.82) is 0 Å². The molecule has 0 amide bonds. The van der Waals surface area contributed by atoms with Crippen LogP contribution in [-0.4, -0.2) is 22.0 Å². The monoisotopic (exact) mass is 526 g/mol. The van der Waals surface area contributed by atoms with E-state index in [4.69, 9.17) is 4.84 Å². The van der Waals surface area contributed by atoms with E-state index >= 15 is 0 Å². The van der Waals surface area contributed by atoms with E-state index in [2.05, 4.69) is 40.6 Å². The molecule has 0 bridgehead atoms. The predicted molar refractivity (Wildman–Crippen MR) is 161 cm³/mol. The van der Waals surface area contributed by atoms with Crippen LogP contribution in [-0.2, 0) is 16.2 Å². The van der Waals surface area contributed by atoms with Crippen molar-refractivity contribution in [2.75, 3.05) is 0 Å². The van der Waals surface area contributed by atoms with Crippen molar-refractivity contribution in [2.24, 2.45) is 5.16 Å². The molecule has 5 heteroatoms. The molecule has 198 valence electrons. The number of aromatic nitrogens is 1. The summed E-state index contributed by atoms with van der Waals surface area (Å²) < 4.78 is 2.24. The summed E-state index contributed by atoms with van der Waals surface area (Å²) in [5.74, 6) is 5.89. The lowest BCUT2D eigenvalue weighted by Crippen LogP contribution is -2.04. The first-order valence-electron chi connectivity index (χ1n) is 13.4. The Balaban J connectivity index is 1.55. The summed E-state index contributed by atoms with van der Waals surface area (Å²) >= 11 is 0. The molecule has 5 nitrogen and oxygen atoms in total. The molecule has 0 N–H and O–H groups in total. The molecule has 0 spiro atoms. The van der Waals surface area contributed by atoms with Gasteiger partial charge in [-0.25, -0.2) is 4.79 Å². The first-order chi connectivity index (χ1) is 19.5. The Hall–Kier alpha value is -4.95. The zero-order valence-electron chi connectivity index (χ0n) is 22.9. The minimum Gasteiger partial charge on any atom is -0.341 e. The predicted octanol–water partition coefficient (Wildman–Crippen LogP) is 7.45. The van der Waals surface area contributed by atoms with E-state index < -0.39 is 5.97 Å². The normalized spacial score (nSPS) is 11.3. The fraction of sp³-hybridized carbons (Fsp3) is 0.171. The Labute approximate surface area is 234 Å². The number of hydrogen-bond donors (Lipinski definition) is 0. The SMILES string of the molecule is CCn1c2ccc(C(=O)c3ccccc3C)cc2c2cc(C(CCC#Cc3ccccc3)=NOC(C)=O)ccc21. The molecule has 0 saturated carbocycles. The summed E-state index contributed by atoms with van der Waals surface area (Å²) in [6.45, 7) is 6.18. The fourth-order valence-electron chi connectivity index (χ4n) is 4.98. The summed E-state index contributed by atoms with van der Waals surface area (Å²) in [5.41, 5.74) is 6.87. The lowest BCUT2D eigenvalue weighted by Gasteiger charge is -2.06. The third-order valence-corrected chi connectivity index (χ3v) is 6.94. The summed E-state index contributed by atoms with van der Waals surface area (Å²) in [4.78, 5) is 30.0. The number of oxime groups is 1. The molecule has 0 unspecified atom stereocenters. The van der Waals surface area contributed by atoms with Crippen molar-refractivity contribution in [3.8, 4) is 11.8 Å². The molecule has 0 aliphatic heterocycles. The minimum absolute atomic E-state index is 0.00246. The summed E-state index contributed by atoms with van der Waals surface area (Å²) in [6, 6.07) is 29.5. The molecule has 40 heavy (non-hydrogen) atoms. The van der Waals surface area contributed by atoms with Gasteiger partial charge in [-0.05, 0) is 61.9 Å². The molecule has 0 aliphatic carbocycles. The van der Waals surface area contributed by atoms with E-state index in [1.807, 2.05) is 85.8 Å². The zero-order chi connectivity index (χ0) is 28.1. The molecule has 5 aromatic rings. The van der Waals surface area contributed by atoms with Crippen molar-refractivity contribution in [3.63, 3.8) is 0 Å². The van der Waals surface area contributed by atoms with Crippen molar-refractivity contribution >= 4 is 39.3 Å². The lowest BCUT2D eigenvalue weighted by atomic mass is 9.97. The average molecular weight is 527 g/mol. The molecular weight excluding hydrogens is 496 g/mol. The van der Waals surface area contributed by atoms with Gasteiger partial charge in [0.1, 0.15) is 0 Å². The molecule has 0 atom stereocenters. The average Bonchev–Trinajstić information content (AvgIpc) is 3.29. The summed E-state index contributed by atoms with van der Waals surface area (Å²) in [6.07, 6.45) is 1.07. The minimum atomic E-state index is -0.476. The lowest BCUT2D eigenvalue weighted by molar-refractivity contribution is -0.140. The molecule has 4 aromatic carbocycles. The van der Waals surface area contributed by atoms with Crippen molar-refractivity contribution in [3.05, 3.63) is 119 Å². The van der Waals surface area contributed by atoms with Gasteiger partial charge in [0, 0.05) is 70.4 Å². The standard InChI is InChI=1S/C35H30N2O3/c1-4-37-33-20-18-27(32(36-40-25(3)38)17-11-9-15-26-13-6-5-7-14-26)22-30(33)31-23-28(19-21-34(31)37)35(39)29-16-10-8-12-24(29)2/h5-8,10,12-14,16,18-23H,4,11,17H2,1-3H3. The Morgan fingerprint density at radius 1 is 0.850 bits per heavy atom. The van der Waals surface area contributed by atoms with E-state index in [0.717, 1.165) is 45.0 Å². The number of fused-ring (bicyclic) bond motifs is 3. The van der Waals surface area contributed by atoms with E-state index in [1.54, 1.807) is 0 Å². The number of ketones is 1. The van der Waals surface area contributed by atoms with Gasteiger partial charge in [-0.15, -0.1) is 0 Å². The zero-order valence-corrected chi connectivity index (χ0v) is 22.9. The second-order valence-corrected chi connectivity index (χ2v) is 9.64. The van der Waals surface area contributed by atoms with E-state index in [-0.39, 0.29) is 5.78 Å². The quantitative estimate of drug-likeness (QED) is 0.0727. The van der Waals surface area contributed by atoms with Crippen LogP contribution in [0, 0.1) is 18.8 Å². The Morgan fingerprint density at radius 3 is 2.17 bits per heavy atom. The first-order valence-corrected chi connectivity index (χ1v) is 13.4. The number of rotatable bonds is 7. The van der Waals surface area contributed by atoms with Gasteiger partial charge >= 0.3 is 5.97 Å². The van der Waals surface area contributed by atoms with Gasteiger partial charge in [0.15, 0.2) is 5.78 Å². The van der Waals surface area contributed by atoms with Gasteiger partial charge in [-0.2, -0.15) is 0 Å². The van der Waals surface area contributed by atoms with Crippen LogP contribution in [0.3, 0.4) is 0 Å². The molecule has 0 radical (unpaired) electrons. The second kappa shape index (κ2) is 11.8. The largest absolute Gasteiger partial charge is 0.341 e. The number of carbonyl (C=O) groups excluding carboxylic acids is 2. The number of aryl methyl sites for hydroxylation is 2. The molecule has 5 rings (SSSR count). The Kier molecular flexibility index (Phi) is 7.89. The fourth-order valence-corrected chi connectivity index (χ4v) is 4.98. The topological polar surface area (TPSA) is 60.7 Å². The van der Waals surface area contributed by atoms with Gasteiger partial charge in [0.2, 0.25) is 0 Å². The molecule has 1 aromatic heterocycles. The third-order valence-electron chi connectivity index (χ3n) is 6.94. The third kappa shape index (κ3) is 5.57. The molecular formula is C35H30N2O3. The van der Waals surface area contributed by atoms with Gasteiger partial charge in [-0.3, -0.25) is 4.79 Å². The summed E-state index contributed by atoms with van der Waals surface area (Å²) in [5, 5.41) is 6.19. The first kappa shape index (κ1) is 26.6. The highest BCUT2D eigenvalue weighted by molar-refractivity contribution is 6.16.